The van der Waals surface area contributed by atoms with Crippen LogP contribution in [0.5, 0.6) is 0 Å². The molecule has 0 fully saturated rings. The second-order valence-electron chi connectivity index (χ2n) is 3.62. The number of aryl methyl sites for hydroxylation is 3. The Morgan fingerprint density at radius 3 is 2.57 bits per heavy atom. The molecule has 1 aromatic heterocycles. The largest absolute Gasteiger partial charge is 0.335 e. The van der Waals surface area contributed by atoms with Crippen LogP contribution in [-0.4, -0.2) is 4.57 Å². The van der Waals surface area contributed by atoms with Crippen LogP contribution in [0.15, 0.2) is 18.2 Å². The van der Waals surface area contributed by atoms with Gasteiger partial charge < -0.3 is 4.57 Å². The third kappa shape index (κ3) is 0.958. The Hall–Kier alpha value is -1.75. The molecule has 70 valence electrons. The van der Waals surface area contributed by atoms with Crippen LogP contribution in [-0.2, 0) is 7.05 Å². The molecule has 0 amide bonds. The van der Waals surface area contributed by atoms with Crippen molar-refractivity contribution in [1.82, 2.24) is 4.57 Å². The molecule has 1 heterocycles. The Morgan fingerprint density at radius 2 is 2.00 bits per heavy atom. The number of nitrogens with zero attached hydrogens (tertiary/aromatic N) is 2. The molecule has 0 radical (unpaired) electrons. The summed E-state index contributed by atoms with van der Waals surface area (Å²) in [5, 5.41) is 10.2. The number of para-hydroxylation sites is 1. The van der Waals surface area contributed by atoms with Crippen LogP contribution in [0.3, 0.4) is 0 Å². The summed E-state index contributed by atoms with van der Waals surface area (Å²) in [5.41, 5.74) is 4.22. The molecule has 0 bridgehead atoms. The van der Waals surface area contributed by atoms with E-state index in [1.165, 1.54) is 16.5 Å². The number of benzene rings is 1. The first-order valence-electron chi connectivity index (χ1n) is 4.61. The van der Waals surface area contributed by atoms with Crippen molar-refractivity contribution < 1.29 is 0 Å². The zero-order valence-electron chi connectivity index (χ0n) is 8.63. The van der Waals surface area contributed by atoms with Gasteiger partial charge in [-0.25, -0.2) is 0 Å². The number of aromatic nitrogens is 1. The molecule has 0 aliphatic carbocycles. The minimum Gasteiger partial charge on any atom is -0.335 e. The van der Waals surface area contributed by atoms with Gasteiger partial charge in [-0.05, 0) is 25.0 Å². The second kappa shape index (κ2) is 2.88. The fourth-order valence-electron chi connectivity index (χ4n) is 2.06. The van der Waals surface area contributed by atoms with Gasteiger partial charge in [0.2, 0.25) is 0 Å². The molecule has 2 nitrogen and oxygen atoms in total. The van der Waals surface area contributed by atoms with Gasteiger partial charge in [0.1, 0.15) is 11.8 Å². The van der Waals surface area contributed by atoms with Gasteiger partial charge >= 0.3 is 0 Å². The summed E-state index contributed by atoms with van der Waals surface area (Å²) in [4.78, 5) is 0. The summed E-state index contributed by atoms with van der Waals surface area (Å²) in [6, 6.07) is 8.42. The molecule has 0 saturated carbocycles. The minimum atomic E-state index is 0.759. The maximum atomic E-state index is 9.02. The fourth-order valence-corrected chi connectivity index (χ4v) is 2.06. The third-order valence-electron chi connectivity index (χ3n) is 2.77. The van der Waals surface area contributed by atoms with Crippen LogP contribution in [0.2, 0.25) is 0 Å². The number of rotatable bonds is 0. The number of nitriles is 1. The van der Waals surface area contributed by atoms with E-state index in [-0.39, 0.29) is 0 Å². The number of hydrogen-bond donors (Lipinski definition) is 0. The average Bonchev–Trinajstić information content (AvgIpc) is 2.41. The van der Waals surface area contributed by atoms with E-state index < -0.39 is 0 Å². The van der Waals surface area contributed by atoms with Crippen molar-refractivity contribution in [2.45, 2.75) is 13.8 Å². The standard InChI is InChI=1S/C12H12N2/c1-8-5-4-6-10-9(2)11(7-13)14(3)12(8)10/h4-6H,1-3H3. The maximum Gasteiger partial charge on any atom is 0.124 e. The molecule has 14 heavy (non-hydrogen) atoms. The van der Waals surface area contributed by atoms with Gasteiger partial charge in [0.15, 0.2) is 0 Å². The lowest BCUT2D eigenvalue weighted by Gasteiger charge is -2.00. The number of hydrogen-bond acceptors (Lipinski definition) is 1. The van der Waals surface area contributed by atoms with Crippen LogP contribution in [0.1, 0.15) is 16.8 Å². The van der Waals surface area contributed by atoms with Gasteiger partial charge in [-0.2, -0.15) is 5.26 Å². The molecular weight excluding hydrogens is 172 g/mol. The van der Waals surface area contributed by atoms with E-state index in [1.54, 1.807) is 0 Å². The van der Waals surface area contributed by atoms with Crippen LogP contribution in [0, 0.1) is 25.2 Å². The Bertz CT molecular complexity index is 541. The third-order valence-corrected chi connectivity index (χ3v) is 2.77. The fraction of sp³-hybridized carbons (Fsp3) is 0.250. The van der Waals surface area contributed by atoms with Gasteiger partial charge in [0.05, 0.1) is 5.52 Å². The Morgan fingerprint density at radius 1 is 1.29 bits per heavy atom. The predicted molar refractivity (Wildman–Crippen MR) is 57.1 cm³/mol. The Kier molecular flexibility index (Phi) is 1.82. The first-order chi connectivity index (χ1) is 6.66. The molecule has 0 unspecified atom stereocenters. The normalized spacial score (nSPS) is 10.4. The van der Waals surface area contributed by atoms with Gasteiger partial charge in [0, 0.05) is 12.4 Å². The van der Waals surface area contributed by atoms with E-state index >= 15 is 0 Å². The zero-order chi connectivity index (χ0) is 10.3. The highest BCUT2D eigenvalue weighted by atomic mass is 14.9. The molecule has 0 aliphatic rings. The quantitative estimate of drug-likeness (QED) is 0.618. The van der Waals surface area contributed by atoms with Crippen LogP contribution >= 0.6 is 0 Å². The summed E-state index contributed by atoms with van der Waals surface area (Å²) in [7, 11) is 1.95. The van der Waals surface area contributed by atoms with Crippen LogP contribution in [0.25, 0.3) is 10.9 Å². The van der Waals surface area contributed by atoms with Crippen molar-refractivity contribution in [3.05, 3.63) is 35.0 Å². The SMILES string of the molecule is Cc1c(C#N)n(C)c2c(C)cccc12. The molecule has 0 spiro atoms. The van der Waals surface area contributed by atoms with E-state index in [2.05, 4.69) is 25.1 Å². The summed E-state index contributed by atoms with van der Waals surface area (Å²) in [6.07, 6.45) is 0. The molecule has 2 heteroatoms. The van der Waals surface area contributed by atoms with Crippen molar-refractivity contribution in [2.24, 2.45) is 7.05 Å². The van der Waals surface area contributed by atoms with Crippen LogP contribution < -0.4 is 0 Å². The van der Waals surface area contributed by atoms with Gasteiger partial charge in [0.25, 0.3) is 0 Å². The molecule has 1 aromatic carbocycles. The van der Waals surface area contributed by atoms with Gasteiger partial charge in [-0.1, -0.05) is 18.2 Å². The first kappa shape index (κ1) is 8.83. The first-order valence-corrected chi connectivity index (χ1v) is 4.61. The van der Waals surface area contributed by atoms with Crippen molar-refractivity contribution >= 4 is 10.9 Å². The Labute approximate surface area is 83.4 Å². The molecular formula is C12H12N2. The highest BCUT2D eigenvalue weighted by Gasteiger charge is 2.11. The maximum absolute atomic E-state index is 9.02. The summed E-state index contributed by atoms with van der Waals surface area (Å²) >= 11 is 0. The average molecular weight is 184 g/mol. The Balaban J connectivity index is 3.04. The molecule has 0 atom stereocenters. The van der Waals surface area contributed by atoms with Gasteiger partial charge in [-0.15, -0.1) is 0 Å². The van der Waals surface area contributed by atoms with E-state index in [4.69, 9.17) is 5.26 Å². The van der Waals surface area contributed by atoms with Gasteiger partial charge in [-0.3, -0.25) is 0 Å². The van der Waals surface area contributed by atoms with Crippen molar-refractivity contribution in [3.8, 4) is 6.07 Å². The lowest BCUT2D eigenvalue weighted by molar-refractivity contribution is 0.936. The second-order valence-corrected chi connectivity index (χ2v) is 3.62. The summed E-state index contributed by atoms with van der Waals surface area (Å²) in [5.74, 6) is 0. The topological polar surface area (TPSA) is 28.7 Å². The van der Waals surface area contributed by atoms with Crippen molar-refractivity contribution in [2.75, 3.05) is 0 Å². The molecule has 0 aliphatic heterocycles. The summed E-state index contributed by atoms with van der Waals surface area (Å²) in [6.45, 7) is 4.07. The van der Waals surface area contributed by atoms with Crippen molar-refractivity contribution in [1.29, 1.82) is 5.26 Å². The van der Waals surface area contributed by atoms with E-state index in [0.717, 1.165) is 11.3 Å². The van der Waals surface area contributed by atoms with E-state index in [0.29, 0.717) is 0 Å². The summed E-state index contributed by atoms with van der Waals surface area (Å²) < 4.78 is 1.97. The van der Waals surface area contributed by atoms with E-state index in [9.17, 15) is 0 Å². The predicted octanol–water partition coefficient (Wildman–Crippen LogP) is 2.67. The molecule has 2 aromatic rings. The lowest BCUT2D eigenvalue weighted by atomic mass is 10.1. The van der Waals surface area contributed by atoms with Crippen LogP contribution in [0.4, 0.5) is 0 Å². The number of fused-ring (bicyclic) bond motifs is 1. The monoisotopic (exact) mass is 184 g/mol. The highest BCUT2D eigenvalue weighted by molar-refractivity contribution is 5.88. The molecule has 2 rings (SSSR count). The lowest BCUT2D eigenvalue weighted by Crippen LogP contribution is -1.93. The smallest absolute Gasteiger partial charge is 0.124 e. The molecule has 0 N–H and O–H groups in total. The molecule has 0 saturated heterocycles. The minimum absolute atomic E-state index is 0.759. The van der Waals surface area contributed by atoms with E-state index in [1.807, 2.05) is 24.6 Å². The highest BCUT2D eigenvalue weighted by Crippen LogP contribution is 2.26. The van der Waals surface area contributed by atoms with Crippen molar-refractivity contribution in [3.63, 3.8) is 0 Å². The zero-order valence-corrected chi connectivity index (χ0v) is 8.63.